The highest BCUT2D eigenvalue weighted by atomic mass is 19.4. The molecule has 0 spiro atoms. The molecule has 0 amide bonds. The molecule has 19 heavy (non-hydrogen) atoms. The van der Waals surface area contributed by atoms with Crippen LogP contribution in [0.1, 0.15) is 17.7 Å². The number of fused-ring (bicyclic) bond motifs is 1. The Balaban J connectivity index is 2.07. The summed E-state index contributed by atoms with van der Waals surface area (Å²) in [6.45, 7) is 0.761. The maximum Gasteiger partial charge on any atom is 0.416 e. The first-order valence-corrected chi connectivity index (χ1v) is 5.88. The van der Waals surface area contributed by atoms with Crippen molar-refractivity contribution >= 4 is 0 Å². The Morgan fingerprint density at radius 1 is 1.11 bits per heavy atom. The summed E-state index contributed by atoms with van der Waals surface area (Å²) in [5.41, 5.74) is 0.539. The van der Waals surface area contributed by atoms with Gasteiger partial charge in [-0.05, 0) is 37.1 Å². The second kappa shape index (κ2) is 4.08. The molecule has 0 saturated heterocycles. The summed E-state index contributed by atoms with van der Waals surface area (Å²) in [7, 11) is 0. The first-order chi connectivity index (χ1) is 8.93. The van der Waals surface area contributed by atoms with Gasteiger partial charge in [-0.15, -0.1) is 0 Å². The third-order valence-electron chi connectivity index (χ3n) is 3.19. The molecule has 2 heterocycles. The number of alkyl halides is 3. The summed E-state index contributed by atoms with van der Waals surface area (Å²) < 4.78 is 53.0. The largest absolute Gasteiger partial charge is 0.416 e. The van der Waals surface area contributed by atoms with E-state index >= 15 is 0 Å². The van der Waals surface area contributed by atoms with Gasteiger partial charge in [0.15, 0.2) is 0 Å². The number of benzene rings is 1. The maximum absolute atomic E-state index is 13.3. The topological polar surface area (TPSA) is 17.8 Å². The van der Waals surface area contributed by atoms with Crippen LogP contribution in [0.15, 0.2) is 24.3 Å². The van der Waals surface area contributed by atoms with Gasteiger partial charge in [0.2, 0.25) is 0 Å². The Morgan fingerprint density at radius 3 is 2.58 bits per heavy atom. The third kappa shape index (κ3) is 2.22. The van der Waals surface area contributed by atoms with Crippen LogP contribution in [-0.2, 0) is 19.1 Å². The highest BCUT2D eigenvalue weighted by molar-refractivity contribution is 5.61. The fourth-order valence-corrected chi connectivity index (χ4v) is 2.30. The molecule has 1 aliphatic rings. The van der Waals surface area contributed by atoms with Crippen molar-refractivity contribution in [2.24, 2.45) is 0 Å². The van der Waals surface area contributed by atoms with E-state index < -0.39 is 17.6 Å². The van der Waals surface area contributed by atoms with Crippen LogP contribution in [0, 0.1) is 5.82 Å². The number of rotatable bonds is 1. The third-order valence-corrected chi connectivity index (χ3v) is 3.19. The lowest BCUT2D eigenvalue weighted by molar-refractivity contribution is -0.137. The quantitative estimate of drug-likeness (QED) is 0.723. The Hall–Kier alpha value is -1.85. The van der Waals surface area contributed by atoms with Crippen molar-refractivity contribution in [2.45, 2.75) is 25.6 Å². The van der Waals surface area contributed by atoms with E-state index in [1.807, 2.05) is 0 Å². The van der Waals surface area contributed by atoms with Crippen LogP contribution in [0.25, 0.3) is 11.3 Å². The highest BCUT2D eigenvalue weighted by Gasteiger charge is 2.31. The molecule has 100 valence electrons. The highest BCUT2D eigenvalue weighted by Crippen LogP contribution is 2.33. The van der Waals surface area contributed by atoms with Gasteiger partial charge in [-0.25, -0.2) is 4.39 Å². The Kier molecular flexibility index (Phi) is 2.62. The van der Waals surface area contributed by atoms with Crippen molar-refractivity contribution < 1.29 is 17.6 Å². The molecule has 6 heteroatoms. The molecule has 1 aliphatic heterocycles. The van der Waals surface area contributed by atoms with Gasteiger partial charge in [0.05, 0.1) is 11.3 Å². The molecule has 2 nitrogen and oxygen atoms in total. The predicted octanol–water partition coefficient (Wildman–Crippen LogP) is 3.65. The SMILES string of the molecule is Fc1cc(-c2cc3n(n2)CCC3)cc(C(F)(F)F)c1. The molecule has 2 aromatic rings. The van der Waals surface area contributed by atoms with E-state index in [4.69, 9.17) is 0 Å². The predicted molar refractivity (Wildman–Crippen MR) is 60.9 cm³/mol. The van der Waals surface area contributed by atoms with Gasteiger partial charge in [0.25, 0.3) is 0 Å². The molecule has 1 aromatic heterocycles. The van der Waals surface area contributed by atoms with Crippen LogP contribution < -0.4 is 0 Å². The summed E-state index contributed by atoms with van der Waals surface area (Å²) in [5.74, 6) is -0.905. The monoisotopic (exact) mass is 270 g/mol. The number of hydrogen-bond acceptors (Lipinski definition) is 1. The van der Waals surface area contributed by atoms with Crippen molar-refractivity contribution in [1.82, 2.24) is 9.78 Å². The standard InChI is InChI=1S/C13H10F4N2/c14-10-5-8(4-9(6-10)13(15,16)17)12-7-11-2-1-3-19(11)18-12/h4-7H,1-3H2. The van der Waals surface area contributed by atoms with Gasteiger partial charge in [0, 0.05) is 17.8 Å². The van der Waals surface area contributed by atoms with E-state index in [0.29, 0.717) is 11.8 Å². The average Bonchev–Trinajstić information content (AvgIpc) is 2.86. The number of hydrogen-bond donors (Lipinski definition) is 0. The van der Waals surface area contributed by atoms with E-state index in [9.17, 15) is 17.6 Å². The Labute approximate surface area is 106 Å². The first kappa shape index (κ1) is 12.2. The van der Waals surface area contributed by atoms with Crippen LogP contribution in [-0.4, -0.2) is 9.78 Å². The zero-order chi connectivity index (χ0) is 13.6. The average molecular weight is 270 g/mol. The molecule has 0 N–H and O–H groups in total. The normalized spacial score (nSPS) is 14.7. The van der Waals surface area contributed by atoms with Crippen molar-refractivity contribution in [3.05, 3.63) is 41.3 Å². The summed E-state index contributed by atoms with van der Waals surface area (Å²) >= 11 is 0. The van der Waals surface area contributed by atoms with E-state index in [1.165, 1.54) is 0 Å². The van der Waals surface area contributed by atoms with Crippen molar-refractivity contribution in [2.75, 3.05) is 0 Å². The molecule has 1 aromatic carbocycles. The summed E-state index contributed by atoms with van der Waals surface area (Å²) in [4.78, 5) is 0. The van der Waals surface area contributed by atoms with Gasteiger partial charge in [-0.1, -0.05) is 0 Å². The van der Waals surface area contributed by atoms with Crippen LogP contribution in [0.3, 0.4) is 0 Å². The molecule has 0 atom stereocenters. The van der Waals surface area contributed by atoms with Gasteiger partial charge in [-0.2, -0.15) is 18.3 Å². The van der Waals surface area contributed by atoms with Crippen LogP contribution in [0.5, 0.6) is 0 Å². The van der Waals surface area contributed by atoms with Crippen molar-refractivity contribution in [1.29, 1.82) is 0 Å². The van der Waals surface area contributed by atoms with Crippen molar-refractivity contribution in [3.8, 4) is 11.3 Å². The van der Waals surface area contributed by atoms with E-state index in [2.05, 4.69) is 5.10 Å². The lowest BCUT2D eigenvalue weighted by Crippen LogP contribution is -2.05. The molecule has 0 radical (unpaired) electrons. The zero-order valence-electron chi connectivity index (χ0n) is 9.84. The minimum Gasteiger partial charge on any atom is -0.269 e. The second-order valence-electron chi connectivity index (χ2n) is 4.57. The number of aryl methyl sites for hydroxylation is 2. The fraction of sp³-hybridized carbons (Fsp3) is 0.308. The van der Waals surface area contributed by atoms with Gasteiger partial charge in [-0.3, -0.25) is 4.68 Å². The van der Waals surface area contributed by atoms with Gasteiger partial charge < -0.3 is 0 Å². The van der Waals surface area contributed by atoms with Crippen LogP contribution >= 0.6 is 0 Å². The number of aromatic nitrogens is 2. The fourth-order valence-electron chi connectivity index (χ4n) is 2.30. The van der Waals surface area contributed by atoms with Crippen LogP contribution in [0.2, 0.25) is 0 Å². The zero-order valence-corrected chi connectivity index (χ0v) is 9.84. The minimum absolute atomic E-state index is 0.161. The Morgan fingerprint density at radius 2 is 1.89 bits per heavy atom. The molecular weight excluding hydrogens is 260 g/mol. The lowest BCUT2D eigenvalue weighted by atomic mass is 10.1. The Bertz CT molecular complexity index is 607. The smallest absolute Gasteiger partial charge is 0.269 e. The maximum atomic E-state index is 13.3. The van der Waals surface area contributed by atoms with E-state index in [0.717, 1.165) is 37.2 Å². The number of halogens is 4. The van der Waals surface area contributed by atoms with Crippen LogP contribution in [0.4, 0.5) is 17.6 Å². The summed E-state index contributed by atoms with van der Waals surface area (Å²) in [5, 5.41) is 4.21. The van der Waals surface area contributed by atoms with E-state index in [1.54, 1.807) is 10.7 Å². The second-order valence-corrected chi connectivity index (χ2v) is 4.57. The van der Waals surface area contributed by atoms with Crippen molar-refractivity contribution in [3.63, 3.8) is 0 Å². The van der Waals surface area contributed by atoms with E-state index in [-0.39, 0.29) is 5.56 Å². The molecule has 0 bridgehead atoms. The lowest BCUT2D eigenvalue weighted by Gasteiger charge is -2.08. The molecule has 0 aliphatic carbocycles. The molecule has 0 saturated carbocycles. The molecule has 0 fully saturated rings. The number of nitrogens with zero attached hydrogens (tertiary/aromatic N) is 2. The van der Waals surface area contributed by atoms with Gasteiger partial charge >= 0.3 is 6.18 Å². The molecule has 3 rings (SSSR count). The first-order valence-electron chi connectivity index (χ1n) is 5.88. The van der Waals surface area contributed by atoms with Gasteiger partial charge in [0.1, 0.15) is 5.82 Å². The minimum atomic E-state index is -4.56. The molecule has 0 unspecified atom stereocenters. The summed E-state index contributed by atoms with van der Waals surface area (Å²) in [6, 6.07) is 4.23. The molecular formula is C13H10F4N2. The summed E-state index contributed by atoms with van der Waals surface area (Å²) in [6.07, 6.45) is -2.71.